The van der Waals surface area contributed by atoms with Crippen molar-refractivity contribution < 1.29 is 62.3 Å². The molecule has 0 bridgehead atoms. The first kappa shape index (κ1) is 37.7. The average Bonchev–Trinajstić information content (AvgIpc) is 3.26. The standard InChI is InChI=1S/C16H23F3N3.C12H13F3N2O2.U/c1-5-13(4)21-8-10-22(11-9-21)15(7-3)20-12-14(6-2)16(17,18)19;1-3-7(18)11(2)5-4-6-8(12(13,14)15)10(19)17-16-9(6)11;/h4,6-7,12H,5,8-11H2,1-3H3;3-5H2,1-2H3,(H,17,19);/q-1;;/b14-6+,15-7+,20-12-;;. The molecule has 0 radical (unpaired) electrons. The molecule has 1 unspecified atom stereocenters. The monoisotopic (exact) mass is 826 g/mol. The number of hydrogen-bond donors (Lipinski definition) is 1. The number of nitrogens with zero attached hydrogens (tertiary/aromatic N) is 4. The van der Waals surface area contributed by atoms with Gasteiger partial charge in [-0.25, -0.2) is 10.1 Å². The number of allylic oxidation sites excluding steroid dienone is 4. The molecule has 1 N–H and O–H groups in total. The smallest absolute Gasteiger partial charge is 0.422 e. The van der Waals surface area contributed by atoms with E-state index < -0.39 is 34.5 Å². The molecule has 232 valence electrons. The van der Waals surface area contributed by atoms with Crippen LogP contribution in [0.4, 0.5) is 26.3 Å². The van der Waals surface area contributed by atoms with Crippen LogP contribution in [0.3, 0.4) is 0 Å². The van der Waals surface area contributed by atoms with Gasteiger partial charge in [0.2, 0.25) is 0 Å². The Labute approximate surface area is 265 Å². The molecule has 14 heteroatoms. The van der Waals surface area contributed by atoms with Crippen LogP contribution in [-0.2, 0) is 22.8 Å². The van der Waals surface area contributed by atoms with Crippen molar-refractivity contribution in [2.45, 2.75) is 78.1 Å². The van der Waals surface area contributed by atoms with E-state index in [-0.39, 0.29) is 67.4 Å². The van der Waals surface area contributed by atoms with Gasteiger partial charge in [-0.1, -0.05) is 19.9 Å². The third-order valence-corrected chi connectivity index (χ3v) is 7.31. The van der Waals surface area contributed by atoms with Crippen molar-refractivity contribution in [3.63, 3.8) is 0 Å². The molecular weight excluding hydrogens is 790 g/mol. The first-order valence-electron chi connectivity index (χ1n) is 13.3. The fourth-order valence-corrected chi connectivity index (χ4v) is 4.87. The number of Topliss-reactive ketones (excluding diaryl/α,β-unsaturated/α-hetero) is 1. The first-order valence-corrected chi connectivity index (χ1v) is 13.3. The van der Waals surface area contributed by atoms with E-state index in [1.807, 2.05) is 16.9 Å². The number of aliphatic imine (C=N–C) groups is 1. The minimum Gasteiger partial charge on any atom is -0.493 e. The van der Waals surface area contributed by atoms with Crippen LogP contribution in [0.25, 0.3) is 0 Å². The van der Waals surface area contributed by atoms with E-state index in [1.165, 1.54) is 6.92 Å². The zero-order valence-electron chi connectivity index (χ0n) is 24.3. The second-order valence-corrected chi connectivity index (χ2v) is 9.83. The fourth-order valence-electron chi connectivity index (χ4n) is 4.87. The van der Waals surface area contributed by atoms with Gasteiger partial charge in [0.1, 0.15) is 17.2 Å². The van der Waals surface area contributed by atoms with Crippen LogP contribution in [0.2, 0.25) is 0 Å². The molecule has 0 saturated carbocycles. The number of fused-ring (bicyclic) bond motifs is 1. The van der Waals surface area contributed by atoms with E-state index in [0.29, 0.717) is 18.9 Å². The maximum Gasteiger partial charge on any atom is 0.422 e. The van der Waals surface area contributed by atoms with Crippen LogP contribution in [0.5, 0.6) is 0 Å². The van der Waals surface area contributed by atoms with Crippen molar-refractivity contribution in [1.29, 1.82) is 0 Å². The molecular formula is C28H36F6N5O2U-. The first-order chi connectivity index (χ1) is 19.0. The van der Waals surface area contributed by atoms with Gasteiger partial charge in [0.25, 0.3) is 5.56 Å². The summed E-state index contributed by atoms with van der Waals surface area (Å²) in [4.78, 5) is 31.4. The van der Waals surface area contributed by atoms with Crippen molar-refractivity contribution in [1.82, 2.24) is 20.0 Å². The van der Waals surface area contributed by atoms with Gasteiger partial charge in [-0.05, 0) is 51.7 Å². The molecule has 1 saturated heterocycles. The number of nitrogens with one attached hydrogen (secondary N) is 1. The van der Waals surface area contributed by atoms with Gasteiger partial charge >= 0.3 is 12.4 Å². The maximum absolute atomic E-state index is 12.9. The second kappa shape index (κ2) is 15.4. The summed E-state index contributed by atoms with van der Waals surface area (Å²) in [7, 11) is 0. The Bertz CT molecular complexity index is 1260. The largest absolute Gasteiger partial charge is 0.493 e. The number of rotatable bonds is 7. The minimum atomic E-state index is -4.74. The van der Waals surface area contributed by atoms with Gasteiger partial charge in [0, 0.05) is 69.9 Å². The van der Waals surface area contributed by atoms with Crippen LogP contribution in [0.1, 0.15) is 70.7 Å². The van der Waals surface area contributed by atoms with Crippen LogP contribution in [-0.4, -0.2) is 64.4 Å². The molecule has 42 heavy (non-hydrogen) atoms. The zero-order chi connectivity index (χ0) is 31.2. The van der Waals surface area contributed by atoms with Crippen LogP contribution in [0, 0.1) is 37.7 Å². The molecule has 1 aromatic heterocycles. The summed E-state index contributed by atoms with van der Waals surface area (Å²) < 4.78 is 76.8. The number of aromatic amines is 1. The minimum absolute atomic E-state index is 0. The van der Waals surface area contributed by atoms with E-state index >= 15 is 0 Å². The predicted molar refractivity (Wildman–Crippen MR) is 144 cm³/mol. The number of carbonyl (C=O) groups is 1. The summed E-state index contributed by atoms with van der Waals surface area (Å²) in [5.41, 5.74) is -3.47. The summed E-state index contributed by atoms with van der Waals surface area (Å²) in [6.45, 7) is 17.2. The number of alkyl halides is 6. The van der Waals surface area contributed by atoms with E-state index in [2.05, 4.69) is 15.0 Å². The molecule has 2 aliphatic rings. The number of halogens is 6. The van der Waals surface area contributed by atoms with Crippen molar-refractivity contribution in [2.75, 3.05) is 26.2 Å². The Hall–Kier alpha value is -2.33. The Kier molecular flexibility index (Phi) is 13.8. The Morgan fingerprint density at radius 3 is 2.07 bits per heavy atom. The van der Waals surface area contributed by atoms with Gasteiger partial charge in [0.15, 0.2) is 0 Å². The number of hydrogen-bond acceptors (Lipinski definition) is 6. The van der Waals surface area contributed by atoms with E-state index in [0.717, 1.165) is 37.5 Å². The van der Waals surface area contributed by atoms with Crippen LogP contribution >= 0.6 is 0 Å². The molecule has 1 aliphatic heterocycles. The van der Waals surface area contributed by atoms with E-state index in [1.54, 1.807) is 26.8 Å². The zero-order valence-corrected chi connectivity index (χ0v) is 28.5. The molecule has 1 aromatic rings. The third kappa shape index (κ3) is 8.85. The number of H-pyrrole nitrogens is 1. The molecule has 1 atom stereocenters. The number of aromatic nitrogens is 2. The quantitative estimate of drug-likeness (QED) is 0.216. The molecule has 1 aliphatic carbocycles. The normalized spacial score (nSPS) is 19.7. The molecule has 7 nitrogen and oxygen atoms in total. The SMILES string of the molecule is CCC(=O)C1(C)CCc2c1n[nH]c(=O)c2C(F)(F)F.[CH-]=C(CC)N1CCN(C(=C/C)/N=C\C(=C/C)C(F)(F)F)CC1.[U]. The van der Waals surface area contributed by atoms with Gasteiger partial charge < -0.3 is 16.4 Å². The van der Waals surface area contributed by atoms with Crippen LogP contribution in [0.15, 0.2) is 39.0 Å². The Morgan fingerprint density at radius 2 is 1.62 bits per heavy atom. The summed E-state index contributed by atoms with van der Waals surface area (Å²) in [5.74, 6) is 0.386. The summed E-state index contributed by atoms with van der Waals surface area (Å²) in [5, 5.41) is 5.56. The molecule has 0 amide bonds. The van der Waals surface area contributed by atoms with Crippen molar-refractivity contribution in [2.24, 2.45) is 4.99 Å². The number of piperazine rings is 1. The number of carbonyl (C=O) groups excluding carboxylic acids is 1. The average molecular weight is 827 g/mol. The van der Waals surface area contributed by atoms with Gasteiger partial charge in [0.05, 0.1) is 16.7 Å². The second-order valence-electron chi connectivity index (χ2n) is 9.83. The summed E-state index contributed by atoms with van der Waals surface area (Å²) in [6, 6.07) is 0. The Balaban J connectivity index is 0.000000414. The molecule has 2 heterocycles. The fraction of sp³-hybridized carbons (Fsp3) is 0.571. The maximum atomic E-state index is 12.9. The summed E-state index contributed by atoms with van der Waals surface area (Å²) >= 11 is 0. The van der Waals surface area contributed by atoms with Crippen LogP contribution < -0.4 is 5.56 Å². The van der Waals surface area contributed by atoms with Gasteiger partial charge in [-0.2, -0.15) is 37.1 Å². The summed E-state index contributed by atoms with van der Waals surface area (Å²) in [6.07, 6.45) is -4.17. The molecule has 3 rings (SSSR count). The Morgan fingerprint density at radius 1 is 1.05 bits per heavy atom. The van der Waals surface area contributed by atoms with Crippen molar-refractivity contribution in [3.8, 4) is 0 Å². The molecule has 1 fully saturated rings. The van der Waals surface area contributed by atoms with Crippen molar-refractivity contribution in [3.05, 3.63) is 63.0 Å². The van der Waals surface area contributed by atoms with Gasteiger partial charge in [-0.15, -0.1) is 0 Å². The van der Waals surface area contributed by atoms with Crippen molar-refractivity contribution >= 4 is 12.0 Å². The predicted octanol–water partition coefficient (Wildman–Crippen LogP) is 5.74. The van der Waals surface area contributed by atoms with Gasteiger partial charge in [-0.3, -0.25) is 9.59 Å². The number of ketones is 1. The third-order valence-electron chi connectivity index (χ3n) is 7.31. The molecule has 0 aromatic carbocycles. The topological polar surface area (TPSA) is 81.7 Å². The van der Waals surface area contributed by atoms with E-state index in [4.69, 9.17) is 6.58 Å². The molecule has 0 spiro atoms. The van der Waals surface area contributed by atoms with E-state index in [9.17, 15) is 35.9 Å².